The van der Waals surface area contributed by atoms with Crippen LogP contribution in [0.2, 0.25) is 0 Å². The van der Waals surface area contributed by atoms with E-state index < -0.39 is 11.3 Å². The summed E-state index contributed by atoms with van der Waals surface area (Å²) in [4.78, 5) is 28.0. The molecule has 0 bridgehead atoms. The Bertz CT molecular complexity index is 401. The molecule has 1 aliphatic carbocycles. The lowest BCUT2D eigenvalue weighted by Crippen LogP contribution is -2.46. The second kappa shape index (κ2) is 4.58. The molecule has 2 rings (SSSR count). The van der Waals surface area contributed by atoms with Gasteiger partial charge in [-0.2, -0.15) is 12.6 Å². The summed E-state index contributed by atoms with van der Waals surface area (Å²) >= 11 is 4.36. The number of azide groups is 1. The van der Waals surface area contributed by atoms with Crippen molar-refractivity contribution in [3.8, 4) is 0 Å². The lowest BCUT2D eigenvalue weighted by Gasteiger charge is -2.32. The molecule has 6 nitrogen and oxygen atoms in total. The number of piperidine rings is 1. The number of carbonyl (C=O) groups excluding carboxylic acids is 2. The average Bonchev–Trinajstić information content (AvgIpc) is 3.09. The van der Waals surface area contributed by atoms with Gasteiger partial charge in [-0.05, 0) is 36.3 Å². The predicted octanol–water partition coefficient (Wildman–Crippen LogP) is 1.52. The van der Waals surface area contributed by atoms with Crippen molar-refractivity contribution in [1.82, 2.24) is 4.90 Å². The number of hydrogen-bond acceptors (Lipinski definition) is 3. The Morgan fingerprint density at radius 1 is 1.47 bits per heavy atom. The highest BCUT2D eigenvalue weighted by Crippen LogP contribution is 2.48. The van der Waals surface area contributed by atoms with E-state index >= 15 is 0 Å². The van der Waals surface area contributed by atoms with Crippen LogP contribution in [0.4, 0.5) is 0 Å². The Balaban J connectivity index is 2.09. The highest BCUT2D eigenvalue weighted by Gasteiger charge is 2.57. The van der Waals surface area contributed by atoms with Crippen molar-refractivity contribution >= 4 is 24.4 Å². The molecule has 1 aliphatic heterocycles. The maximum absolute atomic E-state index is 12.2. The van der Waals surface area contributed by atoms with E-state index in [1.807, 2.05) is 0 Å². The minimum Gasteiger partial charge on any atom is -0.341 e. The van der Waals surface area contributed by atoms with E-state index in [0.717, 1.165) is 12.8 Å². The fraction of sp³-hybridized carbons (Fsp3) is 0.800. The summed E-state index contributed by atoms with van der Waals surface area (Å²) in [6.45, 7) is 1.24. The number of nitrogens with zero attached hydrogens (tertiary/aromatic N) is 4. The third-order valence-corrected chi connectivity index (χ3v) is 3.81. The van der Waals surface area contributed by atoms with Crippen molar-refractivity contribution in [3.63, 3.8) is 0 Å². The van der Waals surface area contributed by atoms with Crippen LogP contribution in [0.15, 0.2) is 5.11 Å². The van der Waals surface area contributed by atoms with Crippen LogP contribution in [0, 0.1) is 5.41 Å². The van der Waals surface area contributed by atoms with Gasteiger partial charge in [0.15, 0.2) is 0 Å². The first-order chi connectivity index (χ1) is 8.10. The summed E-state index contributed by atoms with van der Waals surface area (Å²) in [6.07, 6.45) is 2.89. The molecule has 0 aromatic carbocycles. The van der Waals surface area contributed by atoms with Crippen LogP contribution in [0.1, 0.15) is 25.7 Å². The summed E-state index contributed by atoms with van der Waals surface area (Å²) in [6, 6.07) is 0. The molecule has 92 valence electrons. The van der Waals surface area contributed by atoms with E-state index in [2.05, 4.69) is 22.7 Å². The zero-order chi connectivity index (χ0) is 12.5. The highest BCUT2D eigenvalue weighted by atomic mass is 32.1. The van der Waals surface area contributed by atoms with Crippen LogP contribution in [-0.4, -0.2) is 35.1 Å². The topological polar surface area (TPSA) is 86.1 Å². The van der Waals surface area contributed by atoms with Gasteiger partial charge in [0.2, 0.25) is 11.8 Å². The molecule has 0 unspecified atom stereocenters. The van der Waals surface area contributed by atoms with Crippen LogP contribution >= 0.6 is 12.6 Å². The first-order valence-electron chi connectivity index (χ1n) is 5.67. The van der Waals surface area contributed by atoms with Crippen LogP contribution in [-0.2, 0) is 9.59 Å². The Labute approximate surface area is 104 Å². The van der Waals surface area contributed by atoms with Gasteiger partial charge < -0.3 is 4.90 Å². The summed E-state index contributed by atoms with van der Waals surface area (Å²) in [5.74, 6) is -0.820. The number of thiol groups is 1. The molecule has 7 heteroatoms. The molecule has 2 aliphatic rings. The zero-order valence-corrected chi connectivity index (χ0v) is 10.3. The Hall–Kier alpha value is -1.20. The molecule has 1 atom stereocenters. The first-order valence-corrected chi connectivity index (χ1v) is 6.19. The molecule has 2 amide bonds. The van der Waals surface area contributed by atoms with E-state index in [-0.39, 0.29) is 11.2 Å². The molecule has 1 saturated carbocycles. The van der Waals surface area contributed by atoms with Crippen molar-refractivity contribution in [1.29, 1.82) is 0 Å². The number of amides is 2. The van der Waals surface area contributed by atoms with Crippen molar-refractivity contribution in [2.45, 2.75) is 30.9 Å². The smallest absolute Gasteiger partial charge is 0.236 e. The number of likely N-dealkylation sites (tertiary alicyclic amines) is 1. The fourth-order valence-corrected chi connectivity index (χ4v) is 2.60. The largest absolute Gasteiger partial charge is 0.341 e. The third kappa shape index (κ3) is 2.25. The Morgan fingerprint density at radius 3 is 2.71 bits per heavy atom. The maximum Gasteiger partial charge on any atom is 0.236 e. The van der Waals surface area contributed by atoms with E-state index in [0.29, 0.717) is 25.9 Å². The molecule has 2 fully saturated rings. The number of hydrogen-bond donors (Lipinski definition) is 1. The molecule has 0 radical (unpaired) electrons. The summed E-state index contributed by atoms with van der Waals surface area (Å²) in [7, 11) is 0. The van der Waals surface area contributed by atoms with E-state index in [4.69, 9.17) is 5.53 Å². The van der Waals surface area contributed by atoms with Gasteiger partial charge in [-0.25, -0.2) is 0 Å². The molecule has 1 heterocycles. The molecule has 1 saturated heterocycles. The van der Waals surface area contributed by atoms with Gasteiger partial charge in [0.25, 0.3) is 0 Å². The maximum atomic E-state index is 12.2. The SMILES string of the molecule is [N-]=[N+]=NC(=O)C1(C(=O)N2CCC[C@H](S)C2)CC1. The molecule has 0 N–H and O–H groups in total. The van der Waals surface area contributed by atoms with Gasteiger partial charge in [-0.1, -0.05) is 0 Å². The lowest BCUT2D eigenvalue weighted by molar-refractivity contribution is -0.143. The van der Waals surface area contributed by atoms with Crippen molar-refractivity contribution < 1.29 is 9.59 Å². The van der Waals surface area contributed by atoms with Crippen LogP contribution in [0.3, 0.4) is 0 Å². The Morgan fingerprint density at radius 2 is 2.18 bits per heavy atom. The van der Waals surface area contributed by atoms with Crippen molar-refractivity contribution in [3.05, 3.63) is 10.4 Å². The zero-order valence-electron chi connectivity index (χ0n) is 9.37. The summed E-state index contributed by atoms with van der Waals surface area (Å²) in [5, 5.41) is 3.25. The van der Waals surface area contributed by atoms with Crippen LogP contribution in [0.5, 0.6) is 0 Å². The fourth-order valence-electron chi connectivity index (χ4n) is 2.22. The van der Waals surface area contributed by atoms with E-state index in [1.54, 1.807) is 4.90 Å². The first kappa shape index (κ1) is 12.3. The monoisotopic (exact) mass is 254 g/mol. The predicted molar refractivity (Wildman–Crippen MR) is 64.4 cm³/mol. The van der Waals surface area contributed by atoms with Gasteiger partial charge in [0.05, 0.1) is 0 Å². The second-order valence-electron chi connectivity index (χ2n) is 4.62. The standard InChI is InChI=1S/C10H14N4O2S/c11-13-12-8(15)10(3-4-10)9(16)14-5-1-2-7(17)6-14/h7,17H,1-6H2/t7-/m0/s1. The summed E-state index contributed by atoms with van der Waals surface area (Å²) in [5.41, 5.74) is 7.22. The van der Waals surface area contributed by atoms with Crippen molar-refractivity contribution in [2.75, 3.05) is 13.1 Å². The highest BCUT2D eigenvalue weighted by molar-refractivity contribution is 7.81. The minimum absolute atomic E-state index is 0.179. The minimum atomic E-state index is -1.04. The molecule has 0 aromatic rings. The van der Waals surface area contributed by atoms with Crippen LogP contribution < -0.4 is 0 Å². The van der Waals surface area contributed by atoms with E-state index in [9.17, 15) is 9.59 Å². The Kier molecular flexibility index (Phi) is 3.31. The normalized spacial score (nSPS) is 25.9. The molecular weight excluding hydrogens is 240 g/mol. The van der Waals surface area contributed by atoms with Gasteiger partial charge >= 0.3 is 0 Å². The molecule has 17 heavy (non-hydrogen) atoms. The lowest BCUT2D eigenvalue weighted by atomic mass is 10.0. The quantitative estimate of drug-likeness (QED) is 0.266. The van der Waals surface area contributed by atoms with Gasteiger partial charge in [0.1, 0.15) is 5.41 Å². The third-order valence-electron chi connectivity index (χ3n) is 3.39. The molecule has 0 spiro atoms. The van der Waals surface area contributed by atoms with Gasteiger partial charge in [0, 0.05) is 23.3 Å². The molecule has 0 aromatic heterocycles. The van der Waals surface area contributed by atoms with Gasteiger partial charge in [-0.15, -0.1) is 0 Å². The van der Waals surface area contributed by atoms with Crippen molar-refractivity contribution in [2.24, 2.45) is 10.5 Å². The number of rotatable bonds is 2. The van der Waals surface area contributed by atoms with Crippen LogP contribution in [0.25, 0.3) is 10.4 Å². The number of carbonyl (C=O) groups is 2. The van der Waals surface area contributed by atoms with E-state index in [1.165, 1.54) is 0 Å². The average molecular weight is 254 g/mol. The second-order valence-corrected chi connectivity index (χ2v) is 5.35. The summed E-state index contributed by atoms with van der Waals surface area (Å²) < 4.78 is 0. The molecular formula is C10H14N4O2S. The van der Waals surface area contributed by atoms with Gasteiger partial charge in [-0.3, -0.25) is 9.59 Å².